The highest BCUT2D eigenvalue weighted by molar-refractivity contribution is 7.90. The number of carbonyl (C=O) groups excluding carboxylic acids is 1. The van der Waals surface area contributed by atoms with E-state index < -0.39 is 9.84 Å². The Morgan fingerprint density at radius 1 is 1.24 bits per heavy atom. The molecule has 0 aliphatic heterocycles. The third-order valence-electron chi connectivity index (χ3n) is 4.05. The Morgan fingerprint density at radius 2 is 1.92 bits per heavy atom. The minimum atomic E-state index is -3.36. The molecule has 0 radical (unpaired) electrons. The summed E-state index contributed by atoms with van der Waals surface area (Å²) >= 11 is 0. The Bertz CT molecular complexity index is 885. The molecule has 136 valence electrons. The lowest BCUT2D eigenvalue weighted by Gasteiger charge is -2.14. The quantitative estimate of drug-likeness (QED) is 0.854. The lowest BCUT2D eigenvalue weighted by Crippen LogP contribution is -2.30. The van der Waals surface area contributed by atoms with E-state index in [1.54, 1.807) is 19.1 Å². The van der Waals surface area contributed by atoms with Gasteiger partial charge in [0.2, 0.25) is 0 Å². The molecule has 0 saturated carbocycles. The van der Waals surface area contributed by atoms with Crippen LogP contribution in [0.25, 0.3) is 0 Å². The van der Waals surface area contributed by atoms with Crippen LogP contribution in [0.2, 0.25) is 0 Å². The predicted molar refractivity (Wildman–Crippen MR) is 97.5 cm³/mol. The lowest BCUT2D eigenvalue weighted by molar-refractivity contribution is 0.0946. The molecule has 1 aromatic heterocycles. The highest BCUT2D eigenvalue weighted by Crippen LogP contribution is 2.17. The third-order valence-corrected chi connectivity index (χ3v) is 5.29. The number of rotatable bonds is 6. The molecule has 1 amide bonds. The number of sulfone groups is 1. The topological polar surface area (TPSA) is 81.1 Å². The zero-order chi connectivity index (χ0) is 18.8. The van der Waals surface area contributed by atoms with E-state index in [4.69, 9.17) is 0 Å². The van der Waals surface area contributed by atoms with Crippen molar-refractivity contribution < 1.29 is 13.2 Å². The zero-order valence-corrected chi connectivity index (χ0v) is 16.1. The SMILES string of the molecule is Cc1cc(C)n(C[C@@H](C)CNC(=O)c2ccc(C)c(S(C)(=O)=O)c2)n1. The molecule has 6 nitrogen and oxygen atoms in total. The number of amides is 1. The molecule has 1 N–H and O–H groups in total. The normalized spacial score (nSPS) is 12.8. The Hall–Kier alpha value is -2.15. The number of aromatic nitrogens is 2. The van der Waals surface area contributed by atoms with E-state index in [-0.39, 0.29) is 16.7 Å². The van der Waals surface area contributed by atoms with Crippen molar-refractivity contribution in [2.75, 3.05) is 12.8 Å². The van der Waals surface area contributed by atoms with Gasteiger partial charge in [0, 0.05) is 30.6 Å². The number of nitrogens with one attached hydrogen (secondary N) is 1. The largest absolute Gasteiger partial charge is 0.352 e. The number of hydrogen-bond donors (Lipinski definition) is 1. The minimum Gasteiger partial charge on any atom is -0.352 e. The van der Waals surface area contributed by atoms with E-state index in [0.717, 1.165) is 17.6 Å². The maximum atomic E-state index is 12.3. The molecule has 0 aliphatic rings. The molecule has 1 heterocycles. The van der Waals surface area contributed by atoms with Gasteiger partial charge in [0.25, 0.3) is 5.91 Å². The molecule has 1 aromatic carbocycles. The molecule has 0 bridgehead atoms. The fourth-order valence-corrected chi connectivity index (χ4v) is 3.72. The van der Waals surface area contributed by atoms with Crippen molar-refractivity contribution in [3.63, 3.8) is 0 Å². The van der Waals surface area contributed by atoms with E-state index in [1.807, 2.05) is 31.5 Å². The van der Waals surface area contributed by atoms with Gasteiger partial charge in [0.05, 0.1) is 10.6 Å². The Kier molecular flexibility index (Phi) is 5.67. The van der Waals surface area contributed by atoms with Crippen molar-refractivity contribution in [1.29, 1.82) is 0 Å². The van der Waals surface area contributed by atoms with Gasteiger partial charge in [-0.25, -0.2) is 8.42 Å². The van der Waals surface area contributed by atoms with Crippen LogP contribution < -0.4 is 5.32 Å². The molecule has 0 fully saturated rings. The van der Waals surface area contributed by atoms with Gasteiger partial charge in [-0.2, -0.15) is 5.10 Å². The minimum absolute atomic E-state index is 0.191. The van der Waals surface area contributed by atoms with Crippen molar-refractivity contribution in [3.8, 4) is 0 Å². The molecule has 2 aromatic rings. The maximum absolute atomic E-state index is 12.3. The number of benzene rings is 1. The molecule has 0 aliphatic carbocycles. The fourth-order valence-electron chi connectivity index (χ4n) is 2.73. The maximum Gasteiger partial charge on any atom is 0.251 e. The monoisotopic (exact) mass is 363 g/mol. The van der Waals surface area contributed by atoms with Crippen LogP contribution in [0.4, 0.5) is 0 Å². The molecular weight excluding hydrogens is 338 g/mol. The van der Waals surface area contributed by atoms with E-state index >= 15 is 0 Å². The molecule has 1 atom stereocenters. The lowest BCUT2D eigenvalue weighted by atomic mass is 10.1. The first-order valence-electron chi connectivity index (χ1n) is 8.18. The average molecular weight is 363 g/mol. The van der Waals surface area contributed by atoms with Crippen LogP contribution in [-0.2, 0) is 16.4 Å². The van der Waals surface area contributed by atoms with E-state index in [0.29, 0.717) is 24.2 Å². The standard InChI is InChI=1S/C18H25N3O3S/c1-12(11-21-15(4)8-14(3)20-21)10-19-18(22)16-7-6-13(2)17(9-16)25(5,23)24/h6-9,12H,10-11H2,1-5H3,(H,19,22)/t12-/m0/s1. The second kappa shape index (κ2) is 7.39. The summed E-state index contributed by atoms with van der Waals surface area (Å²) in [6.45, 7) is 8.90. The second-order valence-electron chi connectivity index (χ2n) is 6.68. The van der Waals surface area contributed by atoms with E-state index in [2.05, 4.69) is 10.4 Å². The van der Waals surface area contributed by atoms with E-state index in [1.165, 1.54) is 6.07 Å². The van der Waals surface area contributed by atoms with Gasteiger partial charge >= 0.3 is 0 Å². The molecule has 7 heteroatoms. The van der Waals surface area contributed by atoms with Crippen molar-refractivity contribution in [1.82, 2.24) is 15.1 Å². The van der Waals surface area contributed by atoms with Crippen LogP contribution in [0, 0.1) is 26.7 Å². The first-order chi connectivity index (χ1) is 11.6. The van der Waals surface area contributed by atoms with E-state index in [9.17, 15) is 13.2 Å². The van der Waals surface area contributed by atoms with Crippen LogP contribution in [0.15, 0.2) is 29.2 Å². The van der Waals surface area contributed by atoms with Gasteiger partial charge in [-0.3, -0.25) is 9.48 Å². The second-order valence-corrected chi connectivity index (χ2v) is 8.66. The summed E-state index contributed by atoms with van der Waals surface area (Å²) in [7, 11) is -3.36. The Morgan fingerprint density at radius 3 is 2.48 bits per heavy atom. The summed E-state index contributed by atoms with van der Waals surface area (Å²) in [5, 5.41) is 7.29. The number of nitrogens with zero attached hydrogens (tertiary/aromatic N) is 2. The van der Waals surface area contributed by atoms with Crippen LogP contribution in [-0.4, -0.2) is 36.9 Å². The Balaban J connectivity index is 2.01. The van der Waals surface area contributed by atoms with Crippen LogP contribution >= 0.6 is 0 Å². The van der Waals surface area contributed by atoms with Crippen molar-refractivity contribution in [3.05, 3.63) is 46.8 Å². The summed E-state index contributed by atoms with van der Waals surface area (Å²) in [6, 6.07) is 6.76. The fraction of sp³-hybridized carbons (Fsp3) is 0.444. The smallest absolute Gasteiger partial charge is 0.251 e. The summed E-state index contributed by atoms with van der Waals surface area (Å²) in [5.41, 5.74) is 3.05. The average Bonchev–Trinajstić information content (AvgIpc) is 2.81. The molecule has 25 heavy (non-hydrogen) atoms. The van der Waals surface area contributed by atoms with Crippen molar-refractivity contribution in [2.45, 2.75) is 39.1 Å². The van der Waals surface area contributed by atoms with Crippen molar-refractivity contribution >= 4 is 15.7 Å². The van der Waals surface area contributed by atoms with Gasteiger partial charge in [0.15, 0.2) is 9.84 Å². The number of hydrogen-bond acceptors (Lipinski definition) is 4. The molecule has 0 unspecified atom stereocenters. The van der Waals surface area contributed by atoms with Crippen LogP contribution in [0.1, 0.15) is 34.2 Å². The highest BCUT2D eigenvalue weighted by Gasteiger charge is 2.15. The Labute approximate surface area is 149 Å². The van der Waals surface area contributed by atoms with Gasteiger partial charge < -0.3 is 5.32 Å². The van der Waals surface area contributed by atoms with Crippen LogP contribution in [0.3, 0.4) is 0 Å². The number of carbonyl (C=O) groups is 1. The third kappa shape index (κ3) is 4.92. The number of aryl methyl sites for hydroxylation is 3. The summed E-state index contributed by atoms with van der Waals surface area (Å²) in [4.78, 5) is 12.5. The molecular formula is C18H25N3O3S. The first-order valence-corrected chi connectivity index (χ1v) is 10.1. The van der Waals surface area contributed by atoms with Gasteiger partial charge in [-0.1, -0.05) is 13.0 Å². The summed E-state index contributed by atoms with van der Waals surface area (Å²) in [5.74, 6) is -0.0769. The molecule has 0 saturated heterocycles. The van der Waals surface area contributed by atoms with Gasteiger partial charge in [-0.05, 0) is 50.5 Å². The summed E-state index contributed by atoms with van der Waals surface area (Å²) in [6.07, 6.45) is 1.15. The molecule has 2 rings (SSSR count). The van der Waals surface area contributed by atoms with Gasteiger partial charge in [0.1, 0.15) is 0 Å². The summed E-state index contributed by atoms with van der Waals surface area (Å²) < 4.78 is 25.5. The van der Waals surface area contributed by atoms with Crippen molar-refractivity contribution in [2.24, 2.45) is 5.92 Å². The van der Waals surface area contributed by atoms with Gasteiger partial charge in [-0.15, -0.1) is 0 Å². The highest BCUT2D eigenvalue weighted by atomic mass is 32.2. The first kappa shape index (κ1) is 19.2. The zero-order valence-electron chi connectivity index (χ0n) is 15.3. The molecule has 0 spiro atoms. The predicted octanol–water partition coefficient (Wildman–Crippen LogP) is 2.28. The van der Waals surface area contributed by atoms with Crippen LogP contribution in [0.5, 0.6) is 0 Å².